The summed E-state index contributed by atoms with van der Waals surface area (Å²) >= 11 is 0. The minimum atomic E-state index is -0.0771. The van der Waals surface area contributed by atoms with Crippen molar-refractivity contribution in [2.45, 2.75) is 38.7 Å². The van der Waals surface area contributed by atoms with E-state index in [-0.39, 0.29) is 12.6 Å². The average molecular weight is 247 g/mol. The predicted octanol–water partition coefficient (Wildman–Crippen LogP) is 2.40. The first-order valence-corrected chi connectivity index (χ1v) is 6.47. The number of hydrogen-bond acceptors (Lipinski definition) is 3. The molecule has 1 aliphatic heterocycles. The van der Waals surface area contributed by atoms with Crippen LogP contribution in [-0.4, -0.2) is 18.7 Å². The Morgan fingerprint density at radius 3 is 2.89 bits per heavy atom. The lowest BCUT2D eigenvalue weighted by Crippen LogP contribution is -2.33. The molecule has 0 spiro atoms. The van der Waals surface area contributed by atoms with Gasteiger partial charge >= 0.3 is 0 Å². The normalized spacial score (nSPS) is 19.1. The molecule has 2 aliphatic rings. The summed E-state index contributed by atoms with van der Waals surface area (Å²) in [5.41, 5.74) is 1.52. The number of carbonyl (C=O) groups is 1. The zero-order valence-electron chi connectivity index (χ0n) is 10.5. The number of fused-ring (bicyclic) bond motifs is 1. The fourth-order valence-corrected chi connectivity index (χ4v) is 2.62. The van der Waals surface area contributed by atoms with Crippen molar-refractivity contribution in [2.75, 3.05) is 6.73 Å². The van der Waals surface area contributed by atoms with E-state index in [1.165, 1.54) is 12.8 Å². The van der Waals surface area contributed by atoms with Crippen molar-refractivity contribution in [3.8, 4) is 11.5 Å². The minimum absolute atomic E-state index is 0.0771. The van der Waals surface area contributed by atoms with E-state index in [1.807, 2.05) is 13.0 Å². The van der Waals surface area contributed by atoms with Gasteiger partial charge in [0.25, 0.3) is 5.91 Å². The van der Waals surface area contributed by atoms with Crippen LogP contribution in [0.15, 0.2) is 12.1 Å². The van der Waals surface area contributed by atoms with Gasteiger partial charge in [-0.3, -0.25) is 4.79 Å². The maximum absolute atomic E-state index is 11.7. The Kier molecular flexibility index (Phi) is 2.86. The van der Waals surface area contributed by atoms with Crippen molar-refractivity contribution < 1.29 is 14.3 Å². The Morgan fingerprint density at radius 1 is 1.33 bits per heavy atom. The van der Waals surface area contributed by atoms with Crippen LogP contribution in [0.1, 0.15) is 41.6 Å². The third-order valence-electron chi connectivity index (χ3n) is 3.65. The lowest BCUT2D eigenvalue weighted by Gasteiger charge is -2.22. The number of nitrogens with one attached hydrogen (secondary N) is 1. The van der Waals surface area contributed by atoms with Gasteiger partial charge in [0.15, 0.2) is 6.73 Å². The molecule has 1 saturated carbocycles. The third kappa shape index (κ3) is 1.92. The Labute approximate surface area is 106 Å². The van der Waals surface area contributed by atoms with Crippen LogP contribution in [0.5, 0.6) is 11.5 Å². The summed E-state index contributed by atoms with van der Waals surface area (Å²) < 4.78 is 11.5. The summed E-state index contributed by atoms with van der Waals surface area (Å²) in [6.07, 6.45) is 5.05. The van der Waals surface area contributed by atoms with Gasteiger partial charge in [-0.2, -0.15) is 0 Å². The molecule has 3 rings (SSSR count). The highest BCUT2D eigenvalue weighted by Gasteiger charge is 2.23. The Balaban J connectivity index is 1.89. The molecule has 18 heavy (non-hydrogen) atoms. The standard InChI is InChI=1S/C14H17NO3/c1-9-12(18-10-4-2-3-5-10)7-6-11-13(9)17-8-15-14(11)16/h6-7,10H,2-5,8H2,1H3,(H,15,16). The zero-order valence-corrected chi connectivity index (χ0v) is 10.5. The highest BCUT2D eigenvalue weighted by atomic mass is 16.5. The molecular weight excluding hydrogens is 230 g/mol. The van der Waals surface area contributed by atoms with E-state index in [0.717, 1.165) is 24.2 Å². The molecule has 1 fully saturated rings. The monoisotopic (exact) mass is 247 g/mol. The van der Waals surface area contributed by atoms with Gasteiger partial charge in [0.1, 0.15) is 11.5 Å². The van der Waals surface area contributed by atoms with Crippen LogP contribution in [-0.2, 0) is 0 Å². The second-order valence-electron chi connectivity index (χ2n) is 4.88. The minimum Gasteiger partial charge on any atom is -0.490 e. The van der Waals surface area contributed by atoms with Gasteiger partial charge in [-0.15, -0.1) is 0 Å². The number of amides is 1. The molecule has 4 nitrogen and oxygen atoms in total. The molecule has 0 saturated heterocycles. The van der Waals surface area contributed by atoms with Crippen LogP contribution < -0.4 is 14.8 Å². The van der Waals surface area contributed by atoms with Crippen molar-refractivity contribution in [1.82, 2.24) is 5.32 Å². The molecule has 4 heteroatoms. The first kappa shape index (κ1) is 11.4. The number of rotatable bonds is 2. The van der Waals surface area contributed by atoms with E-state index < -0.39 is 0 Å². The van der Waals surface area contributed by atoms with Crippen LogP contribution in [0.25, 0.3) is 0 Å². The highest BCUT2D eigenvalue weighted by molar-refractivity contribution is 5.98. The molecule has 0 bridgehead atoms. The number of benzene rings is 1. The van der Waals surface area contributed by atoms with Gasteiger partial charge in [0.05, 0.1) is 11.7 Å². The van der Waals surface area contributed by atoms with E-state index >= 15 is 0 Å². The SMILES string of the molecule is Cc1c(OC2CCCC2)ccc2c1OCNC2=O. The first-order valence-electron chi connectivity index (χ1n) is 6.47. The Bertz CT molecular complexity index is 478. The molecule has 0 atom stereocenters. The molecular formula is C14H17NO3. The third-order valence-corrected chi connectivity index (χ3v) is 3.65. The van der Waals surface area contributed by atoms with Gasteiger partial charge in [-0.05, 0) is 44.7 Å². The van der Waals surface area contributed by atoms with Gasteiger partial charge in [-0.1, -0.05) is 0 Å². The molecule has 0 aromatic heterocycles. The Morgan fingerprint density at radius 2 is 2.11 bits per heavy atom. The van der Waals surface area contributed by atoms with Crippen molar-refractivity contribution in [3.63, 3.8) is 0 Å². The Hall–Kier alpha value is -1.71. The van der Waals surface area contributed by atoms with Crippen LogP contribution >= 0.6 is 0 Å². The topological polar surface area (TPSA) is 47.6 Å². The molecule has 1 aliphatic carbocycles. The predicted molar refractivity (Wildman–Crippen MR) is 67.0 cm³/mol. The zero-order chi connectivity index (χ0) is 12.5. The molecule has 1 N–H and O–H groups in total. The van der Waals surface area contributed by atoms with E-state index in [0.29, 0.717) is 17.4 Å². The summed E-state index contributed by atoms with van der Waals surface area (Å²) in [5, 5.41) is 2.66. The van der Waals surface area contributed by atoms with Crippen LogP contribution in [0.2, 0.25) is 0 Å². The summed E-state index contributed by atoms with van der Waals surface area (Å²) in [4.78, 5) is 11.7. The summed E-state index contributed by atoms with van der Waals surface area (Å²) in [6, 6.07) is 3.65. The van der Waals surface area contributed by atoms with Gasteiger partial charge < -0.3 is 14.8 Å². The van der Waals surface area contributed by atoms with Gasteiger partial charge in [-0.25, -0.2) is 0 Å². The second kappa shape index (κ2) is 4.52. The largest absolute Gasteiger partial charge is 0.490 e. The fourth-order valence-electron chi connectivity index (χ4n) is 2.62. The molecule has 96 valence electrons. The molecule has 1 amide bonds. The average Bonchev–Trinajstić information content (AvgIpc) is 2.86. The molecule has 1 aromatic carbocycles. The smallest absolute Gasteiger partial charge is 0.257 e. The van der Waals surface area contributed by atoms with Crippen LogP contribution in [0.4, 0.5) is 0 Å². The first-order chi connectivity index (χ1) is 8.75. The van der Waals surface area contributed by atoms with E-state index in [4.69, 9.17) is 9.47 Å². The van der Waals surface area contributed by atoms with Crippen molar-refractivity contribution in [2.24, 2.45) is 0 Å². The molecule has 0 radical (unpaired) electrons. The van der Waals surface area contributed by atoms with Gasteiger partial charge in [0, 0.05) is 5.56 Å². The van der Waals surface area contributed by atoms with Crippen molar-refractivity contribution >= 4 is 5.91 Å². The van der Waals surface area contributed by atoms with Crippen molar-refractivity contribution in [1.29, 1.82) is 0 Å². The number of ether oxygens (including phenoxy) is 2. The van der Waals surface area contributed by atoms with E-state index in [9.17, 15) is 4.79 Å². The fraction of sp³-hybridized carbons (Fsp3) is 0.500. The summed E-state index contributed by atoms with van der Waals surface area (Å²) in [5.74, 6) is 1.43. The number of carbonyl (C=O) groups excluding carboxylic acids is 1. The maximum atomic E-state index is 11.7. The lowest BCUT2D eigenvalue weighted by molar-refractivity contribution is 0.0881. The van der Waals surface area contributed by atoms with Gasteiger partial charge in [0.2, 0.25) is 0 Å². The number of hydrogen-bond donors (Lipinski definition) is 1. The summed E-state index contributed by atoms with van der Waals surface area (Å²) in [7, 11) is 0. The quantitative estimate of drug-likeness (QED) is 0.873. The lowest BCUT2D eigenvalue weighted by atomic mass is 10.1. The van der Waals surface area contributed by atoms with Crippen LogP contribution in [0.3, 0.4) is 0 Å². The molecule has 0 unspecified atom stereocenters. The maximum Gasteiger partial charge on any atom is 0.257 e. The van der Waals surface area contributed by atoms with Crippen molar-refractivity contribution in [3.05, 3.63) is 23.3 Å². The second-order valence-corrected chi connectivity index (χ2v) is 4.88. The summed E-state index contributed by atoms with van der Waals surface area (Å²) in [6.45, 7) is 2.18. The molecule has 1 heterocycles. The van der Waals surface area contributed by atoms with Crippen LogP contribution in [0, 0.1) is 6.92 Å². The molecule has 1 aromatic rings. The van der Waals surface area contributed by atoms with E-state index in [1.54, 1.807) is 6.07 Å². The van der Waals surface area contributed by atoms with E-state index in [2.05, 4.69) is 5.32 Å². The highest BCUT2D eigenvalue weighted by Crippen LogP contribution is 2.35.